The number of carbonyl (C=O) groups is 1. The van der Waals surface area contributed by atoms with E-state index < -0.39 is 6.09 Å². The van der Waals surface area contributed by atoms with E-state index in [2.05, 4.69) is 5.32 Å². The predicted molar refractivity (Wildman–Crippen MR) is 104 cm³/mol. The normalized spacial score (nSPS) is 10.8. The molecule has 0 bridgehead atoms. The maximum absolute atomic E-state index is 10.8. The van der Waals surface area contributed by atoms with Crippen molar-refractivity contribution in [3.63, 3.8) is 0 Å². The maximum Gasteiger partial charge on any atom is 0.404 e. The molecule has 0 aliphatic rings. The monoisotopic (exact) mass is 345 g/mol. The van der Waals surface area contributed by atoms with Crippen molar-refractivity contribution < 1.29 is 15.0 Å². The van der Waals surface area contributed by atoms with Crippen molar-refractivity contribution in [2.24, 2.45) is 0 Å². The first-order valence-electron chi connectivity index (χ1n) is 8.25. The number of phenolic OH excluding ortho intramolecular Hbond substituents is 1. The minimum atomic E-state index is -1.04. The Bertz CT molecular complexity index is 930. The molecule has 0 aromatic heterocycles. The molecule has 3 N–H and O–H groups in total. The van der Waals surface area contributed by atoms with E-state index in [1.165, 1.54) is 0 Å². The van der Waals surface area contributed by atoms with E-state index in [-0.39, 0.29) is 12.3 Å². The Morgan fingerprint density at radius 2 is 1.50 bits per heavy atom. The third kappa shape index (κ3) is 4.30. The Kier molecular flexibility index (Phi) is 5.34. The van der Waals surface area contributed by atoms with Gasteiger partial charge in [-0.2, -0.15) is 0 Å². The molecule has 0 saturated heterocycles. The molecule has 0 heterocycles. The fourth-order valence-electron chi connectivity index (χ4n) is 2.77. The number of amides is 1. The molecule has 0 atom stereocenters. The summed E-state index contributed by atoms with van der Waals surface area (Å²) >= 11 is 0. The van der Waals surface area contributed by atoms with Gasteiger partial charge < -0.3 is 15.5 Å². The van der Waals surface area contributed by atoms with Crippen molar-refractivity contribution in [1.29, 1.82) is 0 Å². The van der Waals surface area contributed by atoms with Gasteiger partial charge in [-0.05, 0) is 39.9 Å². The second-order valence-corrected chi connectivity index (χ2v) is 5.83. The van der Waals surface area contributed by atoms with E-state index in [1.807, 2.05) is 72.8 Å². The van der Waals surface area contributed by atoms with Crippen LogP contribution in [0.15, 0.2) is 72.8 Å². The average molecular weight is 345 g/mol. The summed E-state index contributed by atoms with van der Waals surface area (Å²) in [4.78, 5) is 10.8. The first-order valence-corrected chi connectivity index (χ1v) is 8.25. The fraction of sp³-hybridized carbons (Fsp3) is 0.0455. The second-order valence-electron chi connectivity index (χ2n) is 5.83. The van der Waals surface area contributed by atoms with E-state index in [0.29, 0.717) is 0 Å². The molecule has 0 fully saturated rings. The molecule has 0 aliphatic carbocycles. The molecule has 0 radical (unpaired) electrons. The number of benzene rings is 3. The highest BCUT2D eigenvalue weighted by Crippen LogP contribution is 2.28. The van der Waals surface area contributed by atoms with Gasteiger partial charge in [0.05, 0.1) is 0 Å². The Morgan fingerprint density at radius 1 is 0.846 bits per heavy atom. The lowest BCUT2D eigenvalue weighted by atomic mass is 9.95. The Hall–Kier alpha value is -3.53. The van der Waals surface area contributed by atoms with Crippen molar-refractivity contribution in [3.8, 4) is 16.9 Å². The Morgan fingerprint density at radius 3 is 2.23 bits per heavy atom. The Balaban J connectivity index is 1.95. The van der Waals surface area contributed by atoms with Crippen LogP contribution in [0.4, 0.5) is 4.79 Å². The van der Waals surface area contributed by atoms with Crippen LogP contribution in [0.1, 0.15) is 16.7 Å². The van der Waals surface area contributed by atoms with Crippen LogP contribution < -0.4 is 5.32 Å². The lowest BCUT2D eigenvalue weighted by molar-refractivity contribution is 0.194. The first kappa shape index (κ1) is 17.3. The van der Waals surface area contributed by atoms with Gasteiger partial charge in [0, 0.05) is 6.54 Å². The predicted octanol–water partition coefficient (Wildman–Crippen LogP) is 5.00. The summed E-state index contributed by atoms with van der Waals surface area (Å²) in [6.07, 6.45) is 2.96. The minimum Gasteiger partial charge on any atom is -0.508 e. The highest BCUT2D eigenvalue weighted by molar-refractivity contribution is 5.82. The van der Waals surface area contributed by atoms with E-state index >= 15 is 0 Å². The van der Waals surface area contributed by atoms with E-state index in [9.17, 15) is 9.90 Å². The zero-order valence-electron chi connectivity index (χ0n) is 14.1. The fourth-order valence-corrected chi connectivity index (χ4v) is 2.77. The summed E-state index contributed by atoms with van der Waals surface area (Å²) in [6.45, 7) is 0.252. The van der Waals surface area contributed by atoms with Crippen LogP contribution in [-0.4, -0.2) is 16.3 Å². The van der Waals surface area contributed by atoms with Crippen LogP contribution in [0, 0.1) is 0 Å². The molecule has 3 aromatic carbocycles. The molecule has 1 amide bonds. The number of rotatable bonds is 5. The van der Waals surface area contributed by atoms with Gasteiger partial charge in [-0.15, -0.1) is 0 Å². The summed E-state index contributed by atoms with van der Waals surface area (Å²) in [5, 5.41) is 20.7. The molecule has 3 rings (SSSR count). The van der Waals surface area contributed by atoms with Crippen molar-refractivity contribution >= 4 is 18.2 Å². The molecule has 0 saturated carbocycles. The molecule has 0 unspecified atom stereocenters. The van der Waals surface area contributed by atoms with Gasteiger partial charge in [-0.1, -0.05) is 72.8 Å². The average Bonchev–Trinajstić information content (AvgIpc) is 2.66. The van der Waals surface area contributed by atoms with Crippen molar-refractivity contribution in [2.75, 3.05) is 0 Å². The van der Waals surface area contributed by atoms with Crippen molar-refractivity contribution in [1.82, 2.24) is 5.32 Å². The quantitative estimate of drug-likeness (QED) is 0.570. The molecule has 130 valence electrons. The standard InChI is InChI=1S/C22H19NO3/c24-19-13-10-16(11-14-19)9-12-17-5-1-3-7-20(17)21-8-4-2-6-18(21)15-23-22(25)26/h1-14,23-24H,15H2,(H,25,26)/b12-9+. The van der Waals surface area contributed by atoms with Crippen LogP contribution >= 0.6 is 0 Å². The van der Waals surface area contributed by atoms with Crippen LogP contribution in [-0.2, 0) is 6.54 Å². The SMILES string of the molecule is O=C(O)NCc1ccccc1-c1ccccc1/C=C/c1ccc(O)cc1. The third-order valence-corrected chi connectivity index (χ3v) is 4.05. The molecule has 0 aliphatic heterocycles. The van der Waals surface area contributed by atoms with E-state index in [0.717, 1.165) is 27.8 Å². The highest BCUT2D eigenvalue weighted by atomic mass is 16.4. The van der Waals surface area contributed by atoms with Crippen LogP contribution in [0.5, 0.6) is 5.75 Å². The number of hydrogen-bond donors (Lipinski definition) is 3. The summed E-state index contributed by atoms with van der Waals surface area (Å²) in [6, 6.07) is 22.7. The number of phenols is 1. The molecule has 0 spiro atoms. The van der Waals surface area contributed by atoms with Gasteiger partial charge in [-0.3, -0.25) is 0 Å². The molecule has 4 heteroatoms. The zero-order chi connectivity index (χ0) is 18.4. The van der Waals surface area contributed by atoms with Gasteiger partial charge in [0.15, 0.2) is 0 Å². The maximum atomic E-state index is 10.8. The number of nitrogens with one attached hydrogen (secondary N) is 1. The van der Waals surface area contributed by atoms with Gasteiger partial charge in [0.25, 0.3) is 0 Å². The molecular formula is C22H19NO3. The largest absolute Gasteiger partial charge is 0.508 e. The van der Waals surface area contributed by atoms with E-state index in [4.69, 9.17) is 5.11 Å². The van der Waals surface area contributed by atoms with Crippen LogP contribution in [0.3, 0.4) is 0 Å². The van der Waals surface area contributed by atoms with Crippen molar-refractivity contribution in [2.45, 2.75) is 6.54 Å². The summed E-state index contributed by atoms with van der Waals surface area (Å²) < 4.78 is 0. The van der Waals surface area contributed by atoms with Crippen molar-refractivity contribution in [3.05, 3.63) is 89.5 Å². The topological polar surface area (TPSA) is 69.6 Å². The third-order valence-electron chi connectivity index (χ3n) is 4.05. The summed E-state index contributed by atoms with van der Waals surface area (Å²) in [7, 11) is 0. The second kappa shape index (κ2) is 8.03. The van der Waals surface area contributed by atoms with Gasteiger partial charge in [0.2, 0.25) is 0 Å². The number of aromatic hydroxyl groups is 1. The zero-order valence-corrected chi connectivity index (χ0v) is 14.1. The highest BCUT2D eigenvalue weighted by Gasteiger charge is 2.08. The first-order chi connectivity index (χ1) is 12.6. The minimum absolute atomic E-state index is 0.238. The molecular weight excluding hydrogens is 326 g/mol. The van der Waals surface area contributed by atoms with Crippen LogP contribution in [0.25, 0.3) is 23.3 Å². The van der Waals surface area contributed by atoms with Gasteiger partial charge in [-0.25, -0.2) is 4.79 Å². The number of carboxylic acid groups (broad SMARTS) is 1. The van der Waals surface area contributed by atoms with Gasteiger partial charge >= 0.3 is 6.09 Å². The smallest absolute Gasteiger partial charge is 0.404 e. The Labute approximate surface area is 152 Å². The summed E-state index contributed by atoms with van der Waals surface area (Å²) in [5.74, 6) is 0.238. The molecule has 3 aromatic rings. The van der Waals surface area contributed by atoms with Crippen LogP contribution in [0.2, 0.25) is 0 Å². The lowest BCUT2D eigenvalue weighted by Gasteiger charge is -2.12. The lowest BCUT2D eigenvalue weighted by Crippen LogP contribution is -2.20. The van der Waals surface area contributed by atoms with Gasteiger partial charge in [0.1, 0.15) is 5.75 Å². The molecule has 26 heavy (non-hydrogen) atoms. The summed E-state index contributed by atoms with van der Waals surface area (Å²) in [5.41, 5.74) is 4.96. The van der Waals surface area contributed by atoms with E-state index in [1.54, 1.807) is 12.1 Å². The molecule has 4 nitrogen and oxygen atoms in total. The number of hydrogen-bond acceptors (Lipinski definition) is 2.